The number of hydrogen-bond acceptors (Lipinski definition) is 3. The highest BCUT2D eigenvalue weighted by Crippen LogP contribution is 2.41. The third kappa shape index (κ3) is 3.84. The van der Waals surface area contributed by atoms with Crippen molar-refractivity contribution in [1.29, 1.82) is 0 Å². The molecule has 0 spiro atoms. The van der Waals surface area contributed by atoms with E-state index >= 15 is 0 Å². The lowest BCUT2D eigenvalue weighted by molar-refractivity contribution is -0.110. The molecule has 7 heteroatoms. The van der Waals surface area contributed by atoms with Gasteiger partial charge in [-0.05, 0) is 48.4 Å². The standard InChI is InChI=1S/C23H19FN2O3S/c1-2-30(28,29)26-18-12-13-20-19(14-18)22(23(27)25-20)21(15-6-4-3-5-7-15)16-8-10-17(24)11-9-16/h3-14,26H,2H2,1H3,(H,25,27)/b22-21-. The molecule has 152 valence electrons. The predicted octanol–water partition coefficient (Wildman–Crippen LogP) is 4.50. The molecule has 0 saturated carbocycles. The van der Waals surface area contributed by atoms with Gasteiger partial charge in [0.05, 0.1) is 11.3 Å². The van der Waals surface area contributed by atoms with E-state index in [2.05, 4.69) is 10.0 Å². The first kappa shape index (κ1) is 19.8. The molecule has 1 amide bonds. The van der Waals surface area contributed by atoms with Crippen LogP contribution in [0.15, 0.2) is 72.8 Å². The smallest absolute Gasteiger partial charge is 0.257 e. The number of benzene rings is 3. The summed E-state index contributed by atoms with van der Waals surface area (Å²) in [5.41, 5.74) is 4.06. The summed E-state index contributed by atoms with van der Waals surface area (Å²) in [5, 5.41) is 2.83. The second-order valence-electron chi connectivity index (χ2n) is 6.84. The molecule has 3 aromatic carbocycles. The van der Waals surface area contributed by atoms with E-state index in [0.717, 1.165) is 5.56 Å². The number of halogens is 1. The van der Waals surface area contributed by atoms with Gasteiger partial charge in [-0.25, -0.2) is 12.8 Å². The van der Waals surface area contributed by atoms with Crippen molar-refractivity contribution >= 4 is 38.5 Å². The molecular formula is C23H19FN2O3S. The van der Waals surface area contributed by atoms with Gasteiger partial charge in [-0.15, -0.1) is 0 Å². The van der Waals surface area contributed by atoms with Crippen LogP contribution in [0.2, 0.25) is 0 Å². The molecule has 30 heavy (non-hydrogen) atoms. The van der Waals surface area contributed by atoms with Crippen LogP contribution in [0.3, 0.4) is 0 Å². The molecule has 0 bridgehead atoms. The minimum Gasteiger partial charge on any atom is -0.321 e. The summed E-state index contributed by atoms with van der Waals surface area (Å²) in [6, 6.07) is 20.2. The fourth-order valence-corrected chi connectivity index (χ4v) is 4.04. The first-order valence-electron chi connectivity index (χ1n) is 9.40. The van der Waals surface area contributed by atoms with Crippen molar-refractivity contribution in [2.45, 2.75) is 6.92 Å². The van der Waals surface area contributed by atoms with Gasteiger partial charge in [0.15, 0.2) is 0 Å². The third-order valence-corrected chi connectivity index (χ3v) is 6.17. The molecule has 0 saturated heterocycles. The Morgan fingerprint density at radius 3 is 2.30 bits per heavy atom. The maximum atomic E-state index is 13.5. The van der Waals surface area contributed by atoms with Crippen molar-refractivity contribution < 1.29 is 17.6 Å². The van der Waals surface area contributed by atoms with Gasteiger partial charge in [-0.1, -0.05) is 42.5 Å². The van der Waals surface area contributed by atoms with Crippen molar-refractivity contribution in [3.8, 4) is 0 Å². The number of nitrogens with one attached hydrogen (secondary N) is 2. The molecule has 5 nitrogen and oxygen atoms in total. The lowest BCUT2D eigenvalue weighted by Crippen LogP contribution is -2.14. The van der Waals surface area contributed by atoms with E-state index in [1.807, 2.05) is 30.3 Å². The molecule has 4 rings (SSSR count). The Hall–Kier alpha value is -3.45. The highest BCUT2D eigenvalue weighted by molar-refractivity contribution is 7.92. The van der Waals surface area contributed by atoms with E-state index in [1.54, 1.807) is 37.3 Å². The highest BCUT2D eigenvalue weighted by atomic mass is 32.2. The fourth-order valence-electron chi connectivity index (χ4n) is 3.41. The SMILES string of the molecule is CCS(=O)(=O)Nc1ccc2c(c1)/C(=C(\c1ccccc1)c1ccc(F)cc1)C(=O)N2. The summed E-state index contributed by atoms with van der Waals surface area (Å²) < 4.78 is 40.0. The Labute approximate surface area is 174 Å². The molecule has 1 aliphatic rings. The predicted molar refractivity (Wildman–Crippen MR) is 117 cm³/mol. The average molecular weight is 422 g/mol. The van der Waals surface area contributed by atoms with Crippen LogP contribution in [0.25, 0.3) is 11.1 Å². The molecular weight excluding hydrogens is 403 g/mol. The van der Waals surface area contributed by atoms with Crippen LogP contribution >= 0.6 is 0 Å². The topological polar surface area (TPSA) is 75.3 Å². The summed E-state index contributed by atoms with van der Waals surface area (Å²) in [6.45, 7) is 1.55. The number of rotatable bonds is 5. The van der Waals surface area contributed by atoms with E-state index in [1.165, 1.54) is 12.1 Å². The van der Waals surface area contributed by atoms with Crippen molar-refractivity contribution in [3.63, 3.8) is 0 Å². The van der Waals surface area contributed by atoms with Crippen molar-refractivity contribution in [1.82, 2.24) is 0 Å². The van der Waals surface area contributed by atoms with Crippen LogP contribution < -0.4 is 10.0 Å². The van der Waals surface area contributed by atoms with Crippen LogP contribution in [-0.2, 0) is 14.8 Å². The van der Waals surface area contributed by atoms with Crippen LogP contribution in [0.5, 0.6) is 0 Å². The van der Waals surface area contributed by atoms with E-state index < -0.39 is 10.0 Å². The average Bonchev–Trinajstić information content (AvgIpc) is 3.05. The Morgan fingerprint density at radius 1 is 0.967 bits per heavy atom. The van der Waals surface area contributed by atoms with Gasteiger partial charge in [-0.3, -0.25) is 9.52 Å². The molecule has 0 aliphatic carbocycles. The second kappa shape index (κ2) is 7.76. The van der Waals surface area contributed by atoms with Crippen molar-refractivity contribution in [2.75, 3.05) is 15.8 Å². The molecule has 1 aliphatic heterocycles. The Kier molecular flexibility index (Phi) is 5.13. The minimum atomic E-state index is -3.46. The summed E-state index contributed by atoms with van der Waals surface area (Å²) in [5.74, 6) is -0.734. The lowest BCUT2D eigenvalue weighted by Gasteiger charge is -2.13. The molecule has 0 fully saturated rings. The number of fused-ring (bicyclic) bond motifs is 1. The van der Waals surface area contributed by atoms with Gasteiger partial charge in [0.25, 0.3) is 5.91 Å². The van der Waals surface area contributed by atoms with Gasteiger partial charge in [0, 0.05) is 22.5 Å². The first-order valence-corrected chi connectivity index (χ1v) is 11.0. The Balaban J connectivity index is 1.95. The second-order valence-corrected chi connectivity index (χ2v) is 8.85. The maximum Gasteiger partial charge on any atom is 0.257 e. The van der Waals surface area contributed by atoms with Crippen molar-refractivity contribution in [2.24, 2.45) is 0 Å². The highest BCUT2D eigenvalue weighted by Gasteiger charge is 2.29. The summed E-state index contributed by atoms with van der Waals surface area (Å²) >= 11 is 0. The van der Waals surface area contributed by atoms with E-state index in [-0.39, 0.29) is 17.5 Å². The summed E-state index contributed by atoms with van der Waals surface area (Å²) in [7, 11) is -3.46. The maximum absolute atomic E-state index is 13.5. The molecule has 0 radical (unpaired) electrons. The number of anilines is 2. The normalized spacial score (nSPS) is 14.8. The molecule has 2 N–H and O–H groups in total. The van der Waals surface area contributed by atoms with E-state index in [9.17, 15) is 17.6 Å². The quantitative estimate of drug-likeness (QED) is 0.595. The van der Waals surface area contributed by atoms with Gasteiger partial charge >= 0.3 is 0 Å². The van der Waals surface area contributed by atoms with Gasteiger partial charge in [0.2, 0.25) is 10.0 Å². The van der Waals surface area contributed by atoms with Gasteiger partial charge < -0.3 is 5.32 Å². The summed E-state index contributed by atoms with van der Waals surface area (Å²) in [4.78, 5) is 13.0. The van der Waals surface area contributed by atoms with Crippen molar-refractivity contribution in [3.05, 3.63) is 95.3 Å². The zero-order valence-corrected chi connectivity index (χ0v) is 17.0. The third-order valence-electron chi connectivity index (χ3n) is 4.86. The molecule has 0 atom stereocenters. The number of amides is 1. The molecule has 0 unspecified atom stereocenters. The number of carbonyl (C=O) groups is 1. The van der Waals surface area contributed by atoms with Gasteiger partial charge in [-0.2, -0.15) is 0 Å². The first-order chi connectivity index (χ1) is 14.4. The summed E-state index contributed by atoms with van der Waals surface area (Å²) in [6.07, 6.45) is 0. The number of hydrogen-bond donors (Lipinski definition) is 2. The van der Waals surface area contributed by atoms with Crippen LogP contribution in [0.4, 0.5) is 15.8 Å². The van der Waals surface area contributed by atoms with Crippen LogP contribution in [-0.4, -0.2) is 20.1 Å². The molecule has 3 aromatic rings. The zero-order valence-electron chi connectivity index (χ0n) is 16.1. The van der Waals surface area contributed by atoms with E-state index in [4.69, 9.17) is 0 Å². The number of sulfonamides is 1. The Bertz CT molecular complexity index is 1250. The van der Waals surface area contributed by atoms with Gasteiger partial charge in [0.1, 0.15) is 5.82 Å². The number of carbonyl (C=O) groups excluding carboxylic acids is 1. The van der Waals surface area contributed by atoms with Crippen LogP contribution in [0, 0.1) is 5.82 Å². The molecule has 1 heterocycles. The zero-order chi connectivity index (χ0) is 21.3. The Morgan fingerprint density at radius 2 is 1.63 bits per heavy atom. The van der Waals surface area contributed by atoms with Crippen LogP contribution in [0.1, 0.15) is 23.6 Å². The van der Waals surface area contributed by atoms with E-state index in [0.29, 0.717) is 33.6 Å². The largest absolute Gasteiger partial charge is 0.321 e. The monoisotopic (exact) mass is 422 g/mol. The minimum absolute atomic E-state index is 0.0607. The fraction of sp³-hybridized carbons (Fsp3) is 0.0870. The molecule has 0 aromatic heterocycles. The lowest BCUT2D eigenvalue weighted by atomic mass is 9.90.